The standard InChI is InChI=1S/C21H21NO5/c1-21(2,3)22-10-14-19(24)12-6-4-5-7-16(12)27-20(14)13-8-17-18(9-15(13)23)26-11-25-17/h4-10,20,22-23H,11H2,1-3H3/b14-10+. The fraction of sp³-hybridized carbons (Fsp3) is 0.286. The second-order valence-electron chi connectivity index (χ2n) is 7.58. The number of para-hydroxylation sites is 1. The summed E-state index contributed by atoms with van der Waals surface area (Å²) in [7, 11) is 0. The zero-order valence-electron chi connectivity index (χ0n) is 15.4. The van der Waals surface area contributed by atoms with Gasteiger partial charge in [0, 0.05) is 23.4 Å². The van der Waals surface area contributed by atoms with Gasteiger partial charge in [-0.3, -0.25) is 4.79 Å². The minimum absolute atomic E-state index is 0.0157. The molecular formula is C21H21NO5. The van der Waals surface area contributed by atoms with Crippen LogP contribution < -0.4 is 19.5 Å². The fourth-order valence-corrected chi connectivity index (χ4v) is 3.05. The highest BCUT2D eigenvalue weighted by Crippen LogP contribution is 2.45. The Labute approximate surface area is 157 Å². The van der Waals surface area contributed by atoms with E-state index in [-0.39, 0.29) is 23.9 Å². The van der Waals surface area contributed by atoms with Crippen molar-refractivity contribution < 1.29 is 24.1 Å². The van der Waals surface area contributed by atoms with Gasteiger partial charge in [-0.2, -0.15) is 0 Å². The SMILES string of the molecule is CC(C)(C)N/C=C1\C(=O)c2ccccc2OC1c1cc2c(cc1O)OCO2. The van der Waals surface area contributed by atoms with E-state index in [1.54, 1.807) is 30.5 Å². The molecule has 4 rings (SSSR count). The third-order valence-corrected chi connectivity index (χ3v) is 4.39. The average molecular weight is 367 g/mol. The summed E-state index contributed by atoms with van der Waals surface area (Å²) >= 11 is 0. The number of hydrogen-bond acceptors (Lipinski definition) is 6. The van der Waals surface area contributed by atoms with Crippen LogP contribution in [0.3, 0.4) is 0 Å². The van der Waals surface area contributed by atoms with Crippen molar-refractivity contribution in [2.45, 2.75) is 32.4 Å². The van der Waals surface area contributed by atoms with Crippen LogP contribution in [0.5, 0.6) is 23.0 Å². The Balaban J connectivity index is 1.83. The Morgan fingerprint density at radius 2 is 1.81 bits per heavy atom. The lowest BCUT2D eigenvalue weighted by Gasteiger charge is -2.29. The highest BCUT2D eigenvalue weighted by atomic mass is 16.7. The number of ether oxygens (including phenoxy) is 3. The summed E-state index contributed by atoms with van der Waals surface area (Å²) in [6.45, 7) is 6.09. The first kappa shape index (κ1) is 17.3. The van der Waals surface area contributed by atoms with Crippen LogP contribution in [-0.2, 0) is 0 Å². The number of carbonyl (C=O) groups excluding carboxylic acids is 1. The van der Waals surface area contributed by atoms with Crippen molar-refractivity contribution in [1.29, 1.82) is 0 Å². The van der Waals surface area contributed by atoms with Crippen molar-refractivity contribution in [3.05, 3.63) is 59.3 Å². The van der Waals surface area contributed by atoms with Gasteiger partial charge in [0.25, 0.3) is 0 Å². The highest BCUT2D eigenvalue weighted by molar-refractivity contribution is 6.12. The molecule has 2 aliphatic rings. The second-order valence-corrected chi connectivity index (χ2v) is 7.58. The number of benzene rings is 2. The van der Waals surface area contributed by atoms with Crippen LogP contribution in [0, 0.1) is 0 Å². The fourth-order valence-electron chi connectivity index (χ4n) is 3.05. The molecule has 0 fully saturated rings. The molecule has 2 N–H and O–H groups in total. The van der Waals surface area contributed by atoms with Crippen LogP contribution in [0.15, 0.2) is 48.2 Å². The van der Waals surface area contributed by atoms with Crippen LogP contribution >= 0.6 is 0 Å². The first-order chi connectivity index (χ1) is 12.8. The molecule has 2 heterocycles. The lowest BCUT2D eigenvalue weighted by molar-refractivity contribution is 0.0958. The zero-order chi connectivity index (χ0) is 19.2. The number of hydrogen-bond donors (Lipinski definition) is 2. The maximum Gasteiger partial charge on any atom is 0.231 e. The highest BCUT2D eigenvalue weighted by Gasteiger charge is 2.35. The summed E-state index contributed by atoms with van der Waals surface area (Å²) in [5.74, 6) is 1.31. The molecule has 6 heteroatoms. The number of nitrogens with one attached hydrogen (secondary N) is 1. The van der Waals surface area contributed by atoms with Crippen molar-refractivity contribution >= 4 is 5.78 Å². The molecule has 0 saturated carbocycles. The van der Waals surface area contributed by atoms with E-state index >= 15 is 0 Å². The Morgan fingerprint density at radius 1 is 1.11 bits per heavy atom. The van der Waals surface area contributed by atoms with E-state index in [4.69, 9.17) is 14.2 Å². The maximum absolute atomic E-state index is 13.1. The third-order valence-electron chi connectivity index (χ3n) is 4.39. The molecule has 0 radical (unpaired) electrons. The summed E-state index contributed by atoms with van der Waals surface area (Å²) in [6.07, 6.45) is 0.907. The Hall–Kier alpha value is -3.15. The molecule has 27 heavy (non-hydrogen) atoms. The number of rotatable bonds is 2. The first-order valence-electron chi connectivity index (χ1n) is 8.74. The average Bonchev–Trinajstić information content (AvgIpc) is 3.06. The summed E-state index contributed by atoms with van der Waals surface area (Å²) in [6, 6.07) is 10.2. The summed E-state index contributed by atoms with van der Waals surface area (Å²) in [5, 5.41) is 13.8. The molecule has 2 aromatic carbocycles. The lowest BCUT2D eigenvalue weighted by atomic mass is 9.90. The van der Waals surface area contributed by atoms with E-state index < -0.39 is 6.10 Å². The molecule has 0 aromatic heterocycles. The monoisotopic (exact) mass is 367 g/mol. The Morgan fingerprint density at radius 3 is 2.56 bits per heavy atom. The van der Waals surface area contributed by atoms with Crippen molar-refractivity contribution in [1.82, 2.24) is 5.32 Å². The van der Waals surface area contributed by atoms with Gasteiger partial charge in [0.05, 0.1) is 11.1 Å². The Bertz CT molecular complexity index is 942. The van der Waals surface area contributed by atoms with Gasteiger partial charge in [-0.15, -0.1) is 0 Å². The van der Waals surface area contributed by atoms with Crippen LogP contribution in [0.25, 0.3) is 0 Å². The summed E-state index contributed by atoms with van der Waals surface area (Å²) < 4.78 is 16.8. The van der Waals surface area contributed by atoms with E-state index in [0.29, 0.717) is 33.9 Å². The van der Waals surface area contributed by atoms with Crippen LogP contribution in [0.2, 0.25) is 0 Å². The van der Waals surface area contributed by atoms with Crippen molar-refractivity contribution in [3.8, 4) is 23.0 Å². The number of phenolic OH excluding ortho intramolecular Hbond substituents is 1. The number of phenols is 1. The van der Waals surface area contributed by atoms with Crippen LogP contribution in [0.4, 0.5) is 0 Å². The third kappa shape index (κ3) is 3.18. The summed E-state index contributed by atoms with van der Waals surface area (Å²) in [4.78, 5) is 13.1. The predicted molar refractivity (Wildman–Crippen MR) is 99.3 cm³/mol. The molecule has 2 aliphatic heterocycles. The van der Waals surface area contributed by atoms with E-state index in [2.05, 4.69) is 5.32 Å². The quantitative estimate of drug-likeness (QED) is 0.788. The Kier molecular flexibility index (Phi) is 3.98. The van der Waals surface area contributed by atoms with Gasteiger partial charge >= 0.3 is 0 Å². The van der Waals surface area contributed by atoms with E-state index in [1.165, 1.54) is 6.07 Å². The topological polar surface area (TPSA) is 77.0 Å². The number of ketones is 1. The minimum atomic E-state index is -0.767. The van der Waals surface area contributed by atoms with Gasteiger partial charge in [0.2, 0.25) is 6.79 Å². The van der Waals surface area contributed by atoms with E-state index in [1.807, 2.05) is 26.8 Å². The second kappa shape index (κ2) is 6.23. The maximum atomic E-state index is 13.1. The van der Waals surface area contributed by atoms with Gasteiger partial charge in [0.1, 0.15) is 11.5 Å². The molecule has 0 bridgehead atoms. The number of fused-ring (bicyclic) bond motifs is 2. The molecule has 1 unspecified atom stereocenters. The largest absolute Gasteiger partial charge is 0.507 e. The smallest absolute Gasteiger partial charge is 0.231 e. The molecule has 2 aromatic rings. The van der Waals surface area contributed by atoms with Crippen molar-refractivity contribution in [2.24, 2.45) is 0 Å². The number of aromatic hydroxyl groups is 1. The molecular weight excluding hydrogens is 346 g/mol. The van der Waals surface area contributed by atoms with E-state index in [9.17, 15) is 9.90 Å². The van der Waals surface area contributed by atoms with Crippen LogP contribution in [0.1, 0.15) is 42.8 Å². The normalized spacial score (nSPS) is 19.6. The molecule has 0 saturated heterocycles. The summed E-state index contributed by atoms with van der Waals surface area (Å²) in [5.41, 5.74) is 1.13. The van der Waals surface area contributed by atoms with Gasteiger partial charge in [-0.1, -0.05) is 12.1 Å². The molecule has 0 aliphatic carbocycles. The molecule has 140 valence electrons. The van der Waals surface area contributed by atoms with Gasteiger partial charge in [-0.25, -0.2) is 0 Å². The molecule has 1 atom stereocenters. The number of carbonyl (C=O) groups is 1. The molecule has 0 spiro atoms. The molecule has 0 amide bonds. The minimum Gasteiger partial charge on any atom is -0.507 e. The zero-order valence-corrected chi connectivity index (χ0v) is 15.4. The van der Waals surface area contributed by atoms with Gasteiger partial charge < -0.3 is 24.6 Å². The lowest BCUT2D eigenvalue weighted by Crippen LogP contribution is -2.34. The first-order valence-corrected chi connectivity index (χ1v) is 8.74. The van der Waals surface area contributed by atoms with E-state index in [0.717, 1.165) is 0 Å². The predicted octanol–water partition coefficient (Wildman–Crippen LogP) is 3.71. The van der Waals surface area contributed by atoms with Gasteiger partial charge in [-0.05, 0) is 39.0 Å². The molecule has 6 nitrogen and oxygen atoms in total. The van der Waals surface area contributed by atoms with Gasteiger partial charge in [0.15, 0.2) is 23.4 Å². The van der Waals surface area contributed by atoms with Crippen molar-refractivity contribution in [3.63, 3.8) is 0 Å². The number of Topliss-reactive ketones (excluding diaryl/α,β-unsaturated/α-hetero) is 1. The van der Waals surface area contributed by atoms with Crippen molar-refractivity contribution in [2.75, 3.05) is 6.79 Å². The van der Waals surface area contributed by atoms with Crippen LogP contribution in [-0.4, -0.2) is 23.2 Å².